The molecule has 132 valence electrons. The van der Waals surface area contributed by atoms with E-state index < -0.39 is 11.8 Å². The number of rotatable bonds is 1. The van der Waals surface area contributed by atoms with E-state index in [0.29, 0.717) is 16.4 Å². The molecule has 5 heteroatoms. The van der Waals surface area contributed by atoms with Gasteiger partial charge in [0, 0.05) is 6.07 Å². The number of furan rings is 1. The highest BCUT2D eigenvalue weighted by Crippen LogP contribution is 2.39. The van der Waals surface area contributed by atoms with Crippen LogP contribution in [-0.2, 0) is 7.05 Å². The van der Waals surface area contributed by atoms with E-state index in [0.717, 1.165) is 27.6 Å². The van der Waals surface area contributed by atoms with Crippen molar-refractivity contribution in [2.75, 3.05) is 0 Å². The molecule has 3 nitrogen and oxygen atoms in total. The van der Waals surface area contributed by atoms with Gasteiger partial charge < -0.3 is 4.42 Å². The van der Waals surface area contributed by atoms with Crippen LogP contribution in [0.25, 0.3) is 44.1 Å². The van der Waals surface area contributed by atoms with Crippen LogP contribution in [-0.4, -0.2) is 4.98 Å². The topological polar surface area (TPSA) is 29.9 Å². The van der Waals surface area contributed by atoms with Gasteiger partial charge in [-0.2, -0.15) is 9.37 Å². The molecule has 0 aliphatic rings. The lowest BCUT2D eigenvalue weighted by molar-refractivity contribution is -0.659. The van der Waals surface area contributed by atoms with Gasteiger partial charge in [-0.05, 0) is 42.1 Å². The standard InChI is InChI=1S/C22H15F2N2O/c1-12-11-16(23)19-15-7-8-17(24)25-22(15)27-21(19)18(12)20-14-6-4-3-5-13(14)9-10-26(20)2/h3-11H,1-2H3/q+1. The van der Waals surface area contributed by atoms with E-state index in [9.17, 15) is 8.78 Å². The minimum atomic E-state index is -0.657. The largest absolute Gasteiger partial charge is 0.437 e. The molecule has 3 heterocycles. The smallest absolute Gasteiger partial charge is 0.230 e. The van der Waals surface area contributed by atoms with Crippen LogP contribution in [0.3, 0.4) is 0 Å². The number of aromatic nitrogens is 2. The van der Waals surface area contributed by atoms with E-state index in [-0.39, 0.29) is 5.71 Å². The van der Waals surface area contributed by atoms with Crippen LogP contribution in [0.2, 0.25) is 0 Å². The fraction of sp³-hybridized carbons (Fsp3) is 0.0909. The van der Waals surface area contributed by atoms with Crippen molar-refractivity contribution in [1.29, 1.82) is 0 Å². The Kier molecular flexibility index (Phi) is 3.28. The zero-order valence-electron chi connectivity index (χ0n) is 14.8. The summed E-state index contributed by atoms with van der Waals surface area (Å²) < 4.78 is 36.3. The van der Waals surface area contributed by atoms with Gasteiger partial charge >= 0.3 is 0 Å². The van der Waals surface area contributed by atoms with E-state index in [2.05, 4.69) is 4.98 Å². The van der Waals surface area contributed by atoms with Crippen molar-refractivity contribution >= 4 is 32.8 Å². The number of pyridine rings is 2. The Bertz CT molecular complexity index is 1370. The average molecular weight is 361 g/mol. The number of hydrogen-bond acceptors (Lipinski definition) is 2. The molecule has 0 bridgehead atoms. The Morgan fingerprint density at radius 2 is 1.81 bits per heavy atom. The minimum absolute atomic E-state index is 0.0960. The molecule has 0 amide bonds. The summed E-state index contributed by atoms with van der Waals surface area (Å²) in [5.74, 6) is -1.06. The van der Waals surface area contributed by atoms with E-state index in [1.807, 2.05) is 55.1 Å². The number of hydrogen-bond donors (Lipinski definition) is 0. The highest BCUT2D eigenvalue weighted by Gasteiger charge is 2.25. The second kappa shape index (κ2) is 5.58. The van der Waals surface area contributed by atoms with Gasteiger partial charge in [-0.3, -0.25) is 0 Å². The van der Waals surface area contributed by atoms with Gasteiger partial charge in [0.05, 0.1) is 21.7 Å². The third kappa shape index (κ3) is 2.24. The summed E-state index contributed by atoms with van der Waals surface area (Å²) in [6.45, 7) is 1.85. The number of nitrogens with zero attached hydrogens (tertiary/aromatic N) is 2. The molecule has 0 aliphatic carbocycles. The van der Waals surface area contributed by atoms with Crippen molar-refractivity contribution in [3.63, 3.8) is 0 Å². The summed E-state index contributed by atoms with van der Waals surface area (Å²) in [4.78, 5) is 3.80. The number of aryl methyl sites for hydroxylation is 2. The molecule has 0 saturated carbocycles. The first-order chi connectivity index (χ1) is 13.0. The molecule has 0 N–H and O–H groups in total. The number of halogens is 2. The van der Waals surface area contributed by atoms with Crippen molar-refractivity contribution in [1.82, 2.24) is 4.98 Å². The van der Waals surface area contributed by atoms with Crippen molar-refractivity contribution in [3.05, 3.63) is 72.1 Å². The molecule has 0 fully saturated rings. The van der Waals surface area contributed by atoms with E-state index in [4.69, 9.17) is 4.42 Å². The summed E-state index contributed by atoms with van der Waals surface area (Å²) in [7, 11) is 1.94. The highest BCUT2D eigenvalue weighted by molar-refractivity contribution is 6.11. The van der Waals surface area contributed by atoms with E-state index in [1.54, 1.807) is 0 Å². The molecule has 0 unspecified atom stereocenters. The predicted octanol–water partition coefficient (Wildman–Crippen LogP) is 5.21. The maximum atomic E-state index is 14.8. The fourth-order valence-electron chi connectivity index (χ4n) is 3.80. The molecule has 5 aromatic rings. The van der Waals surface area contributed by atoms with Gasteiger partial charge in [0.1, 0.15) is 12.9 Å². The van der Waals surface area contributed by atoms with Crippen LogP contribution in [0, 0.1) is 18.7 Å². The molecule has 2 aromatic carbocycles. The van der Waals surface area contributed by atoms with Crippen molar-refractivity contribution in [2.24, 2.45) is 7.05 Å². The Morgan fingerprint density at radius 3 is 2.67 bits per heavy atom. The SMILES string of the molecule is Cc1cc(F)c2c(oc3nc(F)ccc32)c1-c1c2ccccc2cc[n+]1C. The van der Waals surface area contributed by atoms with Crippen LogP contribution >= 0.6 is 0 Å². The molecule has 3 aromatic heterocycles. The first kappa shape index (κ1) is 15.9. The van der Waals surface area contributed by atoms with Crippen LogP contribution in [0.4, 0.5) is 8.78 Å². The Labute approximate surface area is 153 Å². The lowest BCUT2D eigenvalue weighted by Crippen LogP contribution is -2.30. The molecular weight excluding hydrogens is 346 g/mol. The molecule has 0 spiro atoms. The second-order valence-electron chi connectivity index (χ2n) is 6.71. The summed E-state index contributed by atoms with van der Waals surface area (Å²) in [6, 6.07) is 14.3. The van der Waals surface area contributed by atoms with Crippen molar-refractivity contribution in [3.8, 4) is 11.3 Å². The highest BCUT2D eigenvalue weighted by atomic mass is 19.1. The van der Waals surface area contributed by atoms with Crippen molar-refractivity contribution < 1.29 is 17.8 Å². The zero-order chi connectivity index (χ0) is 18.7. The van der Waals surface area contributed by atoms with Gasteiger partial charge in [0.25, 0.3) is 0 Å². The van der Waals surface area contributed by atoms with Gasteiger partial charge in [0.2, 0.25) is 17.4 Å². The van der Waals surface area contributed by atoms with Crippen molar-refractivity contribution in [2.45, 2.75) is 6.92 Å². The second-order valence-corrected chi connectivity index (χ2v) is 6.71. The summed E-state index contributed by atoms with van der Waals surface area (Å²) in [6.07, 6.45) is 1.97. The number of fused-ring (bicyclic) bond motifs is 4. The van der Waals surface area contributed by atoms with E-state index >= 15 is 0 Å². The molecule has 0 atom stereocenters. The maximum Gasteiger partial charge on any atom is 0.230 e. The minimum Gasteiger partial charge on any atom is -0.437 e. The first-order valence-electron chi connectivity index (χ1n) is 8.60. The van der Waals surface area contributed by atoms with Crippen LogP contribution in [0.5, 0.6) is 0 Å². The fourth-order valence-corrected chi connectivity index (χ4v) is 3.80. The van der Waals surface area contributed by atoms with Gasteiger partial charge in [-0.15, -0.1) is 0 Å². The Hall–Kier alpha value is -3.34. The molecular formula is C22H15F2N2O+. The van der Waals surface area contributed by atoms with Gasteiger partial charge in [-0.1, -0.05) is 18.2 Å². The predicted molar refractivity (Wildman–Crippen MR) is 100 cm³/mol. The van der Waals surface area contributed by atoms with Crippen LogP contribution in [0.15, 0.2) is 59.1 Å². The molecule has 27 heavy (non-hydrogen) atoms. The lowest BCUT2D eigenvalue weighted by atomic mass is 9.97. The third-order valence-corrected chi connectivity index (χ3v) is 5.01. The quantitative estimate of drug-likeness (QED) is 0.303. The van der Waals surface area contributed by atoms with Crippen LogP contribution in [0.1, 0.15) is 5.56 Å². The summed E-state index contributed by atoms with van der Waals surface area (Å²) in [5, 5.41) is 2.89. The first-order valence-corrected chi connectivity index (χ1v) is 8.60. The summed E-state index contributed by atoms with van der Waals surface area (Å²) in [5.41, 5.74) is 2.91. The molecule has 0 radical (unpaired) electrons. The van der Waals surface area contributed by atoms with Gasteiger partial charge in [0.15, 0.2) is 11.8 Å². The van der Waals surface area contributed by atoms with Gasteiger partial charge in [-0.25, -0.2) is 8.96 Å². The Morgan fingerprint density at radius 1 is 1.00 bits per heavy atom. The lowest BCUT2D eigenvalue weighted by Gasteiger charge is -2.09. The number of benzene rings is 2. The molecule has 5 rings (SSSR count). The van der Waals surface area contributed by atoms with E-state index in [1.165, 1.54) is 18.2 Å². The summed E-state index contributed by atoms with van der Waals surface area (Å²) >= 11 is 0. The van der Waals surface area contributed by atoms with Crippen LogP contribution < -0.4 is 4.57 Å². The Balaban J connectivity index is 2.01. The molecule has 0 aliphatic heterocycles. The molecule has 0 saturated heterocycles. The zero-order valence-corrected chi connectivity index (χ0v) is 14.8. The normalized spacial score (nSPS) is 11.7. The maximum absolute atomic E-state index is 14.8. The third-order valence-electron chi connectivity index (χ3n) is 5.01. The average Bonchev–Trinajstić information content (AvgIpc) is 3.02. The monoisotopic (exact) mass is 361 g/mol.